The van der Waals surface area contributed by atoms with Crippen LogP contribution in [0, 0.1) is 20.8 Å². The van der Waals surface area contributed by atoms with Gasteiger partial charge in [0.15, 0.2) is 5.96 Å². The Hall–Kier alpha value is -1.51. The van der Waals surface area contributed by atoms with Gasteiger partial charge in [-0.25, -0.2) is 0 Å². The van der Waals surface area contributed by atoms with E-state index in [4.69, 9.17) is 5.73 Å². The van der Waals surface area contributed by atoms with Crippen molar-refractivity contribution in [3.63, 3.8) is 0 Å². The number of nitrogens with two attached hydrogens (primary N) is 1. The van der Waals surface area contributed by atoms with Gasteiger partial charge in [-0.05, 0) is 44.4 Å². The number of aryl methyl sites for hydroxylation is 3. The zero-order chi connectivity index (χ0) is 12.8. The van der Waals surface area contributed by atoms with Crippen LogP contribution in [-0.4, -0.2) is 24.5 Å². The van der Waals surface area contributed by atoms with E-state index in [0.29, 0.717) is 5.96 Å². The SMILES string of the molecule is Cc1cc(C)c(C2(C)CN=C(N)N2C)c(C)c1. The topological polar surface area (TPSA) is 41.6 Å². The van der Waals surface area contributed by atoms with Crippen molar-refractivity contribution in [3.05, 3.63) is 34.4 Å². The van der Waals surface area contributed by atoms with Gasteiger partial charge < -0.3 is 10.6 Å². The molecule has 1 aromatic carbocycles. The molecule has 0 spiro atoms. The smallest absolute Gasteiger partial charge is 0.191 e. The predicted octanol–water partition coefficient (Wildman–Crippen LogP) is 2.09. The lowest BCUT2D eigenvalue weighted by Crippen LogP contribution is -2.45. The van der Waals surface area contributed by atoms with Crippen LogP contribution in [0.3, 0.4) is 0 Å². The molecule has 17 heavy (non-hydrogen) atoms. The summed E-state index contributed by atoms with van der Waals surface area (Å²) in [7, 11) is 2.02. The first kappa shape index (κ1) is 12.0. The Bertz CT molecular complexity index is 467. The molecule has 0 aliphatic carbocycles. The lowest BCUT2D eigenvalue weighted by Gasteiger charge is -2.36. The molecule has 3 nitrogen and oxygen atoms in total. The zero-order valence-corrected chi connectivity index (χ0v) is 11.3. The molecule has 1 aromatic rings. The highest BCUT2D eigenvalue weighted by molar-refractivity contribution is 5.81. The molecule has 0 bridgehead atoms. The fourth-order valence-corrected chi connectivity index (χ4v) is 2.98. The summed E-state index contributed by atoms with van der Waals surface area (Å²) in [4.78, 5) is 6.45. The number of likely N-dealkylation sites (N-methyl/N-ethyl adjacent to an activating group) is 1. The lowest BCUT2D eigenvalue weighted by molar-refractivity contribution is 0.265. The van der Waals surface area contributed by atoms with Crippen LogP contribution in [0.1, 0.15) is 29.2 Å². The zero-order valence-electron chi connectivity index (χ0n) is 11.3. The predicted molar refractivity (Wildman–Crippen MR) is 72.3 cm³/mol. The molecular formula is C14H21N3. The normalized spacial score (nSPS) is 24.1. The van der Waals surface area contributed by atoms with Gasteiger partial charge in [0.05, 0.1) is 12.1 Å². The molecule has 0 aromatic heterocycles. The Balaban J connectivity index is 2.56. The second kappa shape index (κ2) is 3.76. The number of guanidine groups is 1. The van der Waals surface area contributed by atoms with Crippen LogP contribution in [0.15, 0.2) is 17.1 Å². The van der Waals surface area contributed by atoms with Gasteiger partial charge in [-0.1, -0.05) is 17.7 Å². The molecule has 92 valence electrons. The van der Waals surface area contributed by atoms with Crippen molar-refractivity contribution >= 4 is 5.96 Å². The maximum atomic E-state index is 5.90. The van der Waals surface area contributed by atoms with Gasteiger partial charge in [-0.3, -0.25) is 4.99 Å². The van der Waals surface area contributed by atoms with Gasteiger partial charge in [-0.15, -0.1) is 0 Å². The summed E-state index contributed by atoms with van der Waals surface area (Å²) in [5.74, 6) is 0.631. The number of benzene rings is 1. The molecular weight excluding hydrogens is 210 g/mol. The van der Waals surface area contributed by atoms with E-state index in [-0.39, 0.29) is 5.54 Å². The van der Waals surface area contributed by atoms with Crippen molar-refractivity contribution in [3.8, 4) is 0 Å². The summed E-state index contributed by atoms with van der Waals surface area (Å²) in [5.41, 5.74) is 11.1. The highest BCUT2D eigenvalue weighted by Gasteiger charge is 2.39. The molecule has 0 saturated heterocycles. The van der Waals surface area contributed by atoms with Crippen molar-refractivity contribution in [2.24, 2.45) is 10.7 Å². The van der Waals surface area contributed by atoms with E-state index >= 15 is 0 Å². The number of hydrogen-bond donors (Lipinski definition) is 1. The monoisotopic (exact) mass is 231 g/mol. The van der Waals surface area contributed by atoms with Crippen LogP contribution >= 0.6 is 0 Å². The molecule has 1 heterocycles. The van der Waals surface area contributed by atoms with Crippen molar-refractivity contribution in [2.45, 2.75) is 33.2 Å². The minimum Gasteiger partial charge on any atom is -0.370 e. The Morgan fingerprint density at radius 3 is 2.18 bits per heavy atom. The highest BCUT2D eigenvalue weighted by atomic mass is 15.3. The minimum atomic E-state index is -0.105. The molecule has 3 heteroatoms. The van der Waals surface area contributed by atoms with E-state index in [1.165, 1.54) is 22.3 Å². The maximum Gasteiger partial charge on any atom is 0.191 e. The van der Waals surface area contributed by atoms with Gasteiger partial charge in [0, 0.05) is 7.05 Å². The number of rotatable bonds is 1. The van der Waals surface area contributed by atoms with E-state index in [1.807, 2.05) is 7.05 Å². The molecule has 0 fully saturated rings. The summed E-state index contributed by atoms with van der Waals surface area (Å²) < 4.78 is 0. The third-order valence-corrected chi connectivity index (χ3v) is 3.85. The van der Waals surface area contributed by atoms with Crippen LogP contribution in [0.5, 0.6) is 0 Å². The molecule has 1 unspecified atom stereocenters. The first-order valence-corrected chi connectivity index (χ1v) is 5.98. The quantitative estimate of drug-likeness (QED) is 0.804. The van der Waals surface area contributed by atoms with E-state index in [2.05, 4.69) is 49.7 Å². The first-order chi connectivity index (χ1) is 7.86. The molecule has 0 saturated carbocycles. The van der Waals surface area contributed by atoms with Gasteiger partial charge in [-0.2, -0.15) is 0 Å². The molecule has 0 amide bonds. The molecule has 2 rings (SSSR count). The minimum absolute atomic E-state index is 0.105. The van der Waals surface area contributed by atoms with E-state index in [0.717, 1.165) is 6.54 Å². The maximum absolute atomic E-state index is 5.90. The van der Waals surface area contributed by atoms with Gasteiger partial charge >= 0.3 is 0 Å². The molecule has 0 radical (unpaired) electrons. The first-order valence-electron chi connectivity index (χ1n) is 5.98. The van der Waals surface area contributed by atoms with Crippen LogP contribution in [0.25, 0.3) is 0 Å². The van der Waals surface area contributed by atoms with Crippen molar-refractivity contribution in [1.82, 2.24) is 4.90 Å². The largest absolute Gasteiger partial charge is 0.370 e. The van der Waals surface area contributed by atoms with E-state index in [1.54, 1.807) is 0 Å². The second-order valence-electron chi connectivity index (χ2n) is 5.28. The Morgan fingerprint density at radius 2 is 1.76 bits per heavy atom. The van der Waals surface area contributed by atoms with Gasteiger partial charge in [0.1, 0.15) is 0 Å². The summed E-state index contributed by atoms with van der Waals surface area (Å²) in [6.07, 6.45) is 0. The molecule has 1 aliphatic rings. The summed E-state index contributed by atoms with van der Waals surface area (Å²) >= 11 is 0. The van der Waals surface area contributed by atoms with E-state index < -0.39 is 0 Å². The van der Waals surface area contributed by atoms with Crippen molar-refractivity contribution < 1.29 is 0 Å². The number of aliphatic imine (C=N–C) groups is 1. The molecule has 2 N–H and O–H groups in total. The molecule has 1 atom stereocenters. The summed E-state index contributed by atoms with van der Waals surface area (Å²) in [6, 6.07) is 4.46. The standard InChI is InChI=1S/C14H21N3/c1-9-6-10(2)12(11(3)7-9)14(4)8-16-13(15)17(14)5/h6-7H,8H2,1-5H3,(H2,15,16). The van der Waals surface area contributed by atoms with Crippen LogP contribution in [0.2, 0.25) is 0 Å². The Labute approximate surface area is 103 Å². The number of hydrogen-bond acceptors (Lipinski definition) is 3. The average Bonchev–Trinajstić information content (AvgIpc) is 2.45. The fraction of sp³-hybridized carbons (Fsp3) is 0.500. The lowest BCUT2D eigenvalue weighted by atomic mass is 9.84. The van der Waals surface area contributed by atoms with Crippen molar-refractivity contribution in [1.29, 1.82) is 0 Å². The second-order valence-corrected chi connectivity index (χ2v) is 5.28. The Kier molecular flexibility index (Phi) is 2.64. The average molecular weight is 231 g/mol. The van der Waals surface area contributed by atoms with Crippen LogP contribution in [-0.2, 0) is 5.54 Å². The van der Waals surface area contributed by atoms with Crippen LogP contribution < -0.4 is 5.73 Å². The Morgan fingerprint density at radius 1 is 1.24 bits per heavy atom. The van der Waals surface area contributed by atoms with Crippen LogP contribution in [0.4, 0.5) is 0 Å². The fourth-order valence-electron chi connectivity index (χ4n) is 2.98. The van der Waals surface area contributed by atoms with Crippen molar-refractivity contribution in [2.75, 3.05) is 13.6 Å². The number of nitrogens with zero attached hydrogens (tertiary/aromatic N) is 2. The van der Waals surface area contributed by atoms with E-state index in [9.17, 15) is 0 Å². The highest BCUT2D eigenvalue weighted by Crippen LogP contribution is 2.35. The van der Waals surface area contributed by atoms with Gasteiger partial charge in [0.25, 0.3) is 0 Å². The van der Waals surface area contributed by atoms with Gasteiger partial charge in [0.2, 0.25) is 0 Å². The molecule has 1 aliphatic heterocycles. The summed E-state index contributed by atoms with van der Waals surface area (Å²) in [5, 5.41) is 0. The third-order valence-electron chi connectivity index (χ3n) is 3.85. The summed E-state index contributed by atoms with van der Waals surface area (Å²) in [6.45, 7) is 9.42. The third kappa shape index (κ3) is 1.70.